The molecule has 0 amide bonds. The van der Waals surface area contributed by atoms with E-state index in [0.29, 0.717) is 11.3 Å². The van der Waals surface area contributed by atoms with Gasteiger partial charge < -0.3 is 5.32 Å². The molecule has 4 heteroatoms. The number of rotatable bonds is 4. The van der Waals surface area contributed by atoms with Crippen LogP contribution in [-0.2, 0) is 12.0 Å². The van der Waals surface area contributed by atoms with Crippen LogP contribution < -0.4 is 5.32 Å². The van der Waals surface area contributed by atoms with E-state index >= 15 is 0 Å². The monoisotopic (exact) mass is 298 g/mol. The van der Waals surface area contributed by atoms with Crippen LogP contribution in [0, 0.1) is 0 Å². The largest absolute Gasteiger partial charge is 0.310 e. The van der Waals surface area contributed by atoms with E-state index in [1.165, 1.54) is 34.2 Å². The number of hydrogen-bond donors (Lipinski definition) is 1. The van der Waals surface area contributed by atoms with Gasteiger partial charge in [0.2, 0.25) is 0 Å². The molecule has 1 atom stereocenters. The van der Waals surface area contributed by atoms with E-state index in [4.69, 9.17) is 4.98 Å². The number of aromatic nitrogens is 1. The highest BCUT2D eigenvalue weighted by molar-refractivity contribution is 7.99. The van der Waals surface area contributed by atoms with Crippen LogP contribution in [-0.4, -0.2) is 16.8 Å². The number of thioether (sulfide) groups is 1. The van der Waals surface area contributed by atoms with Crippen LogP contribution in [0.3, 0.4) is 0 Å². The summed E-state index contributed by atoms with van der Waals surface area (Å²) in [6.07, 6.45) is 2.65. The first kappa shape index (κ1) is 15.3. The van der Waals surface area contributed by atoms with Crippen molar-refractivity contribution in [3.8, 4) is 0 Å². The second-order valence-corrected chi connectivity index (χ2v) is 9.04. The van der Waals surface area contributed by atoms with Crippen LogP contribution in [0.25, 0.3) is 0 Å². The normalized spacial score (nSPS) is 20.4. The molecule has 1 aromatic rings. The zero-order valence-electron chi connectivity index (χ0n) is 12.7. The average Bonchev–Trinajstić information content (AvgIpc) is 2.94. The number of nitrogens with one attached hydrogen (secondary N) is 1. The van der Waals surface area contributed by atoms with E-state index in [1.807, 2.05) is 11.3 Å². The Bertz CT molecular complexity index is 412. The van der Waals surface area contributed by atoms with Gasteiger partial charge in [0, 0.05) is 22.9 Å². The van der Waals surface area contributed by atoms with Gasteiger partial charge >= 0.3 is 0 Å². The van der Waals surface area contributed by atoms with Crippen LogP contribution in [0.5, 0.6) is 0 Å². The Morgan fingerprint density at radius 3 is 2.63 bits per heavy atom. The van der Waals surface area contributed by atoms with Gasteiger partial charge in [0.15, 0.2) is 0 Å². The van der Waals surface area contributed by atoms with E-state index < -0.39 is 0 Å². The molecule has 19 heavy (non-hydrogen) atoms. The highest BCUT2D eigenvalue weighted by Crippen LogP contribution is 2.43. The van der Waals surface area contributed by atoms with Crippen molar-refractivity contribution in [2.24, 2.45) is 0 Å². The van der Waals surface area contributed by atoms with Crippen molar-refractivity contribution in [3.63, 3.8) is 0 Å². The Hall–Kier alpha value is -0.0600. The van der Waals surface area contributed by atoms with Crippen molar-refractivity contribution in [2.75, 3.05) is 5.75 Å². The molecule has 1 N–H and O–H groups in total. The number of hydrogen-bond acceptors (Lipinski definition) is 4. The van der Waals surface area contributed by atoms with Crippen LogP contribution in [0.1, 0.15) is 68.3 Å². The summed E-state index contributed by atoms with van der Waals surface area (Å²) in [6, 6.07) is 0.527. The standard InChI is InChI=1S/C15H26N2S2/c1-10(2)16-9-12-13(15(3,4)5)17-14(19-12)11-7-6-8-18-11/h10-11,16H,6-9H2,1-5H3. The summed E-state index contributed by atoms with van der Waals surface area (Å²) in [4.78, 5) is 6.43. The molecule has 1 unspecified atom stereocenters. The van der Waals surface area contributed by atoms with Crippen molar-refractivity contribution < 1.29 is 0 Å². The molecule has 0 radical (unpaired) electrons. The minimum atomic E-state index is 0.145. The molecule has 0 saturated carbocycles. The highest BCUT2D eigenvalue weighted by atomic mass is 32.2. The van der Waals surface area contributed by atoms with Gasteiger partial charge in [-0.2, -0.15) is 11.8 Å². The Morgan fingerprint density at radius 2 is 2.11 bits per heavy atom. The van der Waals surface area contributed by atoms with Gasteiger partial charge in [0.25, 0.3) is 0 Å². The molecule has 2 heterocycles. The first-order chi connectivity index (χ1) is 8.88. The second kappa shape index (κ2) is 6.15. The fourth-order valence-corrected chi connectivity index (χ4v) is 5.02. The third-order valence-electron chi connectivity index (χ3n) is 3.30. The summed E-state index contributed by atoms with van der Waals surface area (Å²) in [5, 5.41) is 5.55. The lowest BCUT2D eigenvalue weighted by Crippen LogP contribution is -2.23. The smallest absolute Gasteiger partial charge is 0.106 e. The Morgan fingerprint density at radius 1 is 1.37 bits per heavy atom. The predicted molar refractivity (Wildman–Crippen MR) is 87.2 cm³/mol. The van der Waals surface area contributed by atoms with Gasteiger partial charge in [-0.05, 0) is 18.6 Å². The van der Waals surface area contributed by atoms with Crippen LogP contribution >= 0.6 is 23.1 Å². The molecule has 0 aromatic carbocycles. The molecule has 0 bridgehead atoms. The van der Waals surface area contributed by atoms with Crippen LogP contribution in [0.2, 0.25) is 0 Å². The lowest BCUT2D eigenvalue weighted by atomic mass is 9.91. The number of thiazole rings is 1. The molecule has 1 saturated heterocycles. The third kappa shape index (κ3) is 3.96. The Kier molecular flexibility index (Phi) is 4.96. The second-order valence-electron chi connectivity index (χ2n) is 6.61. The summed E-state index contributed by atoms with van der Waals surface area (Å²) in [7, 11) is 0. The minimum Gasteiger partial charge on any atom is -0.310 e. The molecule has 1 aliphatic rings. The molecule has 2 rings (SSSR count). The fourth-order valence-electron chi connectivity index (χ4n) is 2.28. The quantitative estimate of drug-likeness (QED) is 0.885. The van der Waals surface area contributed by atoms with Crippen LogP contribution in [0.4, 0.5) is 0 Å². The minimum absolute atomic E-state index is 0.145. The maximum Gasteiger partial charge on any atom is 0.106 e. The van der Waals surface area contributed by atoms with Crippen molar-refractivity contribution in [1.82, 2.24) is 10.3 Å². The zero-order valence-corrected chi connectivity index (χ0v) is 14.4. The molecule has 1 fully saturated rings. The molecule has 2 nitrogen and oxygen atoms in total. The first-order valence-electron chi connectivity index (χ1n) is 7.23. The van der Waals surface area contributed by atoms with Gasteiger partial charge in [-0.3, -0.25) is 0 Å². The molecule has 1 aliphatic heterocycles. The van der Waals surface area contributed by atoms with E-state index in [0.717, 1.165) is 6.54 Å². The molecular formula is C15H26N2S2. The van der Waals surface area contributed by atoms with E-state index in [1.54, 1.807) is 0 Å². The van der Waals surface area contributed by atoms with E-state index in [2.05, 4.69) is 51.7 Å². The van der Waals surface area contributed by atoms with E-state index in [9.17, 15) is 0 Å². The average molecular weight is 299 g/mol. The van der Waals surface area contributed by atoms with Crippen molar-refractivity contribution >= 4 is 23.1 Å². The van der Waals surface area contributed by atoms with Gasteiger partial charge in [-0.1, -0.05) is 34.6 Å². The van der Waals surface area contributed by atoms with Gasteiger partial charge in [-0.25, -0.2) is 4.98 Å². The molecular weight excluding hydrogens is 272 g/mol. The third-order valence-corrected chi connectivity index (χ3v) is 6.00. The maximum atomic E-state index is 5.00. The lowest BCUT2D eigenvalue weighted by molar-refractivity contribution is 0.544. The fraction of sp³-hybridized carbons (Fsp3) is 0.800. The van der Waals surface area contributed by atoms with Gasteiger partial charge in [0.1, 0.15) is 5.01 Å². The highest BCUT2D eigenvalue weighted by Gasteiger charge is 2.27. The Labute approximate surface area is 125 Å². The summed E-state index contributed by atoms with van der Waals surface area (Å²) in [5.74, 6) is 1.30. The van der Waals surface area contributed by atoms with Crippen LogP contribution in [0.15, 0.2) is 0 Å². The van der Waals surface area contributed by atoms with Crippen molar-refractivity contribution in [3.05, 3.63) is 15.6 Å². The molecule has 0 aliphatic carbocycles. The van der Waals surface area contributed by atoms with Gasteiger partial charge in [0.05, 0.1) is 10.9 Å². The number of nitrogens with zero attached hydrogens (tertiary/aromatic N) is 1. The van der Waals surface area contributed by atoms with Crippen molar-refractivity contribution in [1.29, 1.82) is 0 Å². The molecule has 108 valence electrons. The lowest BCUT2D eigenvalue weighted by Gasteiger charge is -2.18. The first-order valence-corrected chi connectivity index (χ1v) is 9.09. The van der Waals surface area contributed by atoms with E-state index in [-0.39, 0.29) is 5.41 Å². The summed E-state index contributed by atoms with van der Waals surface area (Å²) in [6.45, 7) is 12.2. The Balaban J connectivity index is 2.23. The maximum absolute atomic E-state index is 5.00. The SMILES string of the molecule is CC(C)NCc1sc(C2CCCS2)nc1C(C)(C)C. The predicted octanol–water partition coefficient (Wildman–Crippen LogP) is 4.51. The van der Waals surface area contributed by atoms with Crippen molar-refractivity contribution in [2.45, 2.75) is 70.7 Å². The summed E-state index contributed by atoms with van der Waals surface area (Å²) >= 11 is 4.01. The summed E-state index contributed by atoms with van der Waals surface area (Å²) < 4.78 is 0. The summed E-state index contributed by atoms with van der Waals surface area (Å²) in [5.41, 5.74) is 1.44. The topological polar surface area (TPSA) is 24.9 Å². The zero-order chi connectivity index (χ0) is 14.0. The molecule has 1 aromatic heterocycles. The van der Waals surface area contributed by atoms with Gasteiger partial charge in [-0.15, -0.1) is 11.3 Å². The molecule has 0 spiro atoms.